The number of carbonyl (C=O) groups excluding carboxylic acids is 2. The number of aromatic nitrogens is 2. The average molecular weight is 654 g/mol. The zero-order valence-electron chi connectivity index (χ0n) is 25.4. The maximum Gasteiger partial charge on any atom is 0.319 e. The number of benzene rings is 1. The van der Waals surface area contributed by atoms with Crippen LogP contribution in [0.25, 0.3) is 20.8 Å². The lowest BCUT2D eigenvalue weighted by molar-refractivity contribution is 0.00415. The van der Waals surface area contributed by atoms with Gasteiger partial charge in [-0.15, -0.1) is 11.3 Å². The van der Waals surface area contributed by atoms with Crippen molar-refractivity contribution in [3.8, 4) is 22.1 Å². The van der Waals surface area contributed by atoms with Crippen molar-refractivity contribution in [1.82, 2.24) is 20.6 Å². The van der Waals surface area contributed by atoms with Crippen molar-refractivity contribution in [2.24, 2.45) is 0 Å². The highest BCUT2D eigenvalue weighted by Crippen LogP contribution is 2.39. The van der Waals surface area contributed by atoms with Crippen LogP contribution in [-0.4, -0.2) is 87.9 Å². The first-order valence-corrected chi connectivity index (χ1v) is 15.7. The van der Waals surface area contributed by atoms with E-state index >= 15 is 0 Å². The summed E-state index contributed by atoms with van der Waals surface area (Å²) in [5.41, 5.74) is 2.07. The molecule has 0 spiro atoms. The second-order valence-electron chi connectivity index (χ2n) is 10.3. The molecule has 1 saturated carbocycles. The van der Waals surface area contributed by atoms with Crippen molar-refractivity contribution in [3.05, 3.63) is 66.2 Å². The van der Waals surface area contributed by atoms with Gasteiger partial charge in [-0.1, -0.05) is 0 Å². The van der Waals surface area contributed by atoms with Gasteiger partial charge >= 0.3 is 6.03 Å². The van der Waals surface area contributed by atoms with Gasteiger partial charge in [-0.3, -0.25) is 14.8 Å². The number of nitrogens with zero attached hydrogens (tertiary/aromatic N) is 2. The highest BCUT2D eigenvalue weighted by molar-refractivity contribution is 7.22. The molecule has 1 fully saturated rings. The summed E-state index contributed by atoms with van der Waals surface area (Å²) < 4.78 is 42.6. The van der Waals surface area contributed by atoms with E-state index in [0.29, 0.717) is 85.7 Å². The lowest BCUT2D eigenvalue weighted by Crippen LogP contribution is -2.30. The Labute approximate surface area is 269 Å². The topological polar surface area (TPSA) is 142 Å². The number of hydrogen-bond acceptors (Lipinski definition) is 10. The van der Waals surface area contributed by atoms with Crippen molar-refractivity contribution in [3.63, 3.8) is 0 Å². The van der Waals surface area contributed by atoms with Gasteiger partial charge in [0.15, 0.2) is 11.6 Å². The molecular formula is C32H36FN5O7S. The second kappa shape index (κ2) is 16.9. The van der Waals surface area contributed by atoms with Crippen LogP contribution in [0.2, 0.25) is 0 Å². The van der Waals surface area contributed by atoms with Crippen LogP contribution in [0, 0.1) is 5.82 Å². The largest absolute Gasteiger partial charge is 0.453 e. The number of carbonyl (C=O) groups is 2. The number of rotatable bonds is 18. The number of halogens is 1. The standard InChI is InChI=1S/C32H36FN5O7S/c1-41-12-13-43-16-17-44-15-14-42-11-10-35-31(39)21-2-6-25(36-20-21)29-19-26-30(46-29)28(8-9-34-26)45-27-7-5-23(18-24(27)33)38-32(40)37-22-3-4-22/h2,5-9,18-20,22H,3-4,10-17H2,1H3,(H,35,39)(H2,37,38,40). The molecule has 1 aliphatic rings. The highest BCUT2D eigenvalue weighted by Gasteiger charge is 2.23. The van der Waals surface area contributed by atoms with Crippen LogP contribution in [0.1, 0.15) is 23.2 Å². The third-order valence-corrected chi connectivity index (χ3v) is 7.85. The van der Waals surface area contributed by atoms with Crippen molar-refractivity contribution >= 4 is 39.2 Å². The monoisotopic (exact) mass is 653 g/mol. The molecule has 5 rings (SSSR count). The quantitative estimate of drug-likeness (QED) is 0.127. The Morgan fingerprint density at radius 1 is 0.913 bits per heavy atom. The Morgan fingerprint density at radius 2 is 1.67 bits per heavy atom. The first kappa shape index (κ1) is 33.2. The SMILES string of the molecule is COCCOCCOCCOCCNC(=O)c1ccc(-c2cc3nccc(Oc4ccc(NC(=O)NC5CC5)cc4F)c3s2)nc1. The molecule has 0 atom stereocenters. The molecule has 12 nitrogen and oxygen atoms in total. The number of urea groups is 1. The summed E-state index contributed by atoms with van der Waals surface area (Å²) in [4.78, 5) is 34.2. The van der Waals surface area contributed by atoms with E-state index in [4.69, 9.17) is 23.7 Å². The molecule has 4 aromatic rings. The third kappa shape index (κ3) is 9.89. The van der Waals surface area contributed by atoms with Crippen LogP contribution in [0.15, 0.2) is 54.9 Å². The van der Waals surface area contributed by atoms with E-state index in [2.05, 4.69) is 25.9 Å². The Balaban J connectivity index is 1.09. The van der Waals surface area contributed by atoms with E-state index in [-0.39, 0.29) is 23.7 Å². The molecule has 0 saturated heterocycles. The van der Waals surface area contributed by atoms with Gasteiger partial charge in [0.05, 0.1) is 72.6 Å². The van der Waals surface area contributed by atoms with Gasteiger partial charge in [0.2, 0.25) is 0 Å². The minimum absolute atomic E-state index is 0.0161. The summed E-state index contributed by atoms with van der Waals surface area (Å²) in [5, 5.41) is 8.24. The van der Waals surface area contributed by atoms with E-state index in [1.165, 1.54) is 29.7 Å². The van der Waals surface area contributed by atoms with E-state index < -0.39 is 5.82 Å². The zero-order valence-corrected chi connectivity index (χ0v) is 26.2. The summed E-state index contributed by atoms with van der Waals surface area (Å²) in [5.74, 6) is -0.420. The number of fused-ring (bicyclic) bond motifs is 1. The number of methoxy groups -OCH3 is 1. The molecule has 244 valence electrons. The molecular weight excluding hydrogens is 617 g/mol. The maximum atomic E-state index is 14.9. The molecule has 0 bridgehead atoms. The molecule has 46 heavy (non-hydrogen) atoms. The van der Waals surface area contributed by atoms with Crippen molar-refractivity contribution in [1.29, 1.82) is 0 Å². The molecule has 0 unspecified atom stereocenters. The highest BCUT2D eigenvalue weighted by atomic mass is 32.1. The van der Waals surface area contributed by atoms with Crippen LogP contribution >= 0.6 is 11.3 Å². The van der Waals surface area contributed by atoms with E-state index in [0.717, 1.165) is 17.7 Å². The lowest BCUT2D eigenvalue weighted by atomic mass is 10.2. The summed E-state index contributed by atoms with van der Waals surface area (Å²) >= 11 is 1.39. The van der Waals surface area contributed by atoms with Crippen molar-refractivity contribution < 1.29 is 37.7 Å². The maximum absolute atomic E-state index is 14.9. The van der Waals surface area contributed by atoms with Crippen LogP contribution in [0.4, 0.5) is 14.9 Å². The number of nitrogens with one attached hydrogen (secondary N) is 3. The Hall–Kier alpha value is -4.21. The van der Waals surface area contributed by atoms with Crippen LogP contribution < -0.4 is 20.7 Å². The predicted octanol–water partition coefficient (Wildman–Crippen LogP) is 5.00. The van der Waals surface area contributed by atoms with Gasteiger partial charge in [0.1, 0.15) is 5.75 Å². The number of thiophene rings is 1. The van der Waals surface area contributed by atoms with E-state index in [1.54, 1.807) is 37.6 Å². The molecule has 3 amide bonds. The molecule has 1 aliphatic carbocycles. The number of ether oxygens (including phenoxy) is 5. The fourth-order valence-corrected chi connectivity index (χ4v) is 5.22. The lowest BCUT2D eigenvalue weighted by Gasteiger charge is -2.10. The minimum Gasteiger partial charge on any atom is -0.453 e. The van der Waals surface area contributed by atoms with Gasteiger partial charge in [0, 0.05) is 49.9 Å². The van der Waals surface area contributed by atoms with Gasteiger partial charge in [-0.05, 0) is 43.2 Å². The number of pyridine rings is 2. The average Bonchev–Trinajstić information content (AvgIpc) is 3.76. The fourth-order valence-electron chi connectivity index (χ4n) is 4.18. The first-order chi connectivity index (χ1) is 22.5. The van der Waals surface area contributed by atoms with Gasteiger partial charge in [0.25, 0.3) is 5.91 Å². The van der Waals surface area contributed by atoms with Gasteiger partial charge in [-0.25, -0.2) is 9.18 Å². The summed E-state index contributed by atoms with van der Waals surface area (Å²) in [6.07, 6.45) is 5.02. The Bertz CT molecular complexity index is 1600. The summed E-state index contributed by atoms with van der Waals surface area (Å²) in [6, 6.07) is 11.1. The van der Waals surface area contributed by atoms with Crippen molar-refractivity contribution in [2.45, 2.75) is 18.9 Å². The normalized spacial score (nSPS) is 12.7. The minimum atomic E-state index is -0.613. The Morgan fingerprint density at radius 3 is 2.37 bits per heavy atom. The molecule has 0 radical (unpaired) electrons. The third-order valence-electron chi connectivity index (χ3n) is 6.68. The second-order valence-corrected chi connectivity index (χ2v) is 11.3. The van der Waals surface area contributed by atoms with E-state index in [9.17, 15) is 14.0 Å². The smallest absolute Gasteiger partial charge is 0.319 e. The van der Waals surface area contributed by atoms with Gasteiger partial charge in [-0.2, -0.15) is 0 Å². The molecule has 3 aromatic heterocycles. The molecule has 3 heterocycles. The first-order valence-electron chi connectivity index (χ1n) is 14.9. The van der Waals surface area contributed by atoms with Crippen molar-refractivity contribution in [2.75, 3.05) is 65.2 Å². The van der Waals surface area contributed by atoms with E-state index in [1.807, 2.05) is 6.07 Å². The summed E-state index contributed by atoms with van der Waals surface area (Å²) in [6.45, 7) is 3.64. The van der Waals surface area contributed by atoms with Crippen LogP contribution in [-0.2, 0) is 18.9 Å². The number of amides is 3. The summed E-state index contributed by atoms with van der Waals surface area (Å²) in [7, 11) is 1.62. The molecule has 3 N–H and O–H groups in total. The van der Waals surface area contributed by atoms with Crippen LogP contribution in [0.5, 0.6) is 11.5 Å². The number of anilines is 1. The fraction of sp³-hybridized carbons (Fsp3) is 0.375. The number of hydrogen-bond donors (Lipinski definition) is 3. The molecule has 14 heteroatoms. The molecule has 0 aliphatic heterocycles. The van der Waals surface area contributed by atoms with Crippen LogP contribution in [0.3, 0.4) is 0 Å². The van der Waals surface area contributed by atoms with Gasteiger partial charge < -0.3 is 39.6 Å². The zero-order chi connectivity index (χ0) is 32.1. The molecule has 1 aromatic carbocycles. The predicted molar refractivity (Wildman–Crippen MR) is 171 cm³/mol. The Kier molecular flexibility index (Phi) is 12.2.